The van der Waals surface area contributed by atoms with E-state index in [0.29, 0.717) is 0 Å². The third-order valence-corrected chi connectivity index (χ3v) is 3.01. The van der Waals surface area contributed by atoms with E-state index in [9.17, 15) is 5.11 Å². The molecule has 1 nitrogen and oxygen atoms in total. The van der Waals surface area contributed by atoms with E-state index >= 15 is 0 Å². The van der Waals surface area contributed by atoms with Gasteiger partial charge in [-0.1, -0.05) is 71.6 Å². The third kappa shape index (κ3) is 11.9. The van der Waals surface area contributed by atoms with Crippen LogP contribution < -0.4 is 0 Å². The van der Waals surface area contributed by atoms with Crippen molar-refractivity contribution in [2.24, 2.45) is 0 Å². The maximum atomic E-state index is 9.35. The SMILES string of the molecule is [CH2]CCCCCCCCCCC(O)CC. The first-order chi connectivity index (χ1) is 7.31. The predicted molar refractivity (Wildman–Crippen MR) is 67.8 cm³/mol. The summed E-state index contributed by atoms with van der Waals surface area (Å²) >= 11 is 0. The Hall–Kier alpha value is -0.0400. The highest BCUT2D eigenvalue weighted by Gasteiger charge is 1.99. The van der Waals surface area contributed by atoms with Gasteiger partial charge in [0.1, 0.15) is 0 Å². The molecule has 1 N–H and O–H groups in total. The molecular formula is C14H29O. The minimum Gasteiger partial charge on any atom is -0.393 e. The zero-order valence-corrected chi connectivity index (χ0v) is 10.5. The van der Waals surface area contributed by atoms with E-state index in [4.69, 9.17) is 0 Å². The summed E-state index contributed by atoms with van der Waals surface area (Å²) in [6.07, 6.45) is 13.6. The van der Waals surface area contributed by atoms with Gasteiger partial charge in [0.15, 0.2) is 0 Å². The van der Waals surface area contributed by atoms with Crippen LogP contribution >= 0.6 is 0 Å². The molecule has 0 bridgehead atoms. The van der Waals surface area contributed by atoms with Crippen LogP contribution in [0.3, 0.4) is 0 Å². The number of hydrogen-bond acceptors (Lipinski definition) is 1. The first kappa shape index (κ1) is 15.0. The molecule has 0 heterocycles. The van der Waals surface area contributed by atoms with Crippen LogP contribution in [0.1, 0.15) is 77.6 Å². The fraction of sp³-hybridized carbons (Fsp3) is 0.929. The van der Waals surface area contributed by atoms with Crippen molar-refractivity contribution in [3.63, 3.8) is 0 Å². The summed E-state index contributed by atoms with van der Waals surface area (Å²) in [5, 5.41) is 9.35. The summed E-state index contributed by atoms with van der Waals surface area (Å²) in [5.41, 5.74) is 0. The van der Waals surface area contributed by atoms with Gasteiger partial charge in [-0.05, 0) is 12.8 Å². The lowest BCUT2D eigenvalue weighted by molar-refractivity contribution is 0.156. The predicted octanol–water partition coefficient (Wildman–Crippen LogP) is 4.49. The molecule has 0 aliphatic heterocycles. The second kappa shape index (κ2) is 12.0. The van der Waals surface area contributed by atoms with Gasteiger partial charge in [-0.25, -0.2) is 0 Å². The largest absolute Gasteiger partial charge is 0.393 e. The molecule has 0 aliphatic rings. The molecule has 0 aromatic carbocycles. The Balaban J connectivity index is 2.92. The summed E-state index contributed by atoms with van der Waals surface area (Å²) in [6, 6.07) is 0. The van der Waals surface area contributed by atoms with Crippen LogP contribution in [-0.2, 0) is 0 Å². The van der Waals surface area contributed by atoms with E-state index in [2.05, 4.69) is 6.92 Å². The van der Waals surface area contributed by atoms with E-state index < -0.39 is 0 Å². The van der Waals surface area contributed by atoms with Crippen molar-refractivity contribution in [2.45, 2.75) is 83.7 Å². The first-order valence-electron chi connectivity index (χ1n) is 6.78. The maximum Gasteiger partial charge on any atom is 0.0537 e. The standard InChI is InChI=1S/C14H29O/c1-3-5-6-7-8-9-10-11-12-13-14(15)4-2/h14-15H,1,3-13H2,2H3. The van der Waals surface area contributed by atoms with E-state index in [-0.39, 0.29) is 6.10 Å². The summed E-state index contributed by atoms with van der Waals surface area (Å²) in [4.78, 5) is 0. The Morgan fingerprint density at radius 2 is 1.33 bits per heavy atom. The lowest BCUT2D eigenvalue weighted by Gasteiger charge is -2.06. The summed E-state index contributed by atoms with van der Waals surface area (Å²) in [5.74, 6) is 0. The van der Waals surface area contributed by atoms with Crippen molar-refractivity contribution in [3.8, 4) is 0 Å². The Labute approximate surface area is 96.3 Å². The molecule has 15 heavy (non-hydrogen) atoms. The number of unbranched alkanes of at least 4 members (excludes halogenated alkanes) is 8. The minimum atomic E-state index is -0.0537. The normalized spacial score (nSPS) is 13.0. The van der Waals surface area contributed by atoms with Crippen LogP contribution in [0, 0.1) is 6.92 Å². The Morgan fingerprint density at radius 3 is 1.80 bits per heavy atom. The van der Waals surface area contributed by atoms with Crippen LogP contribution in [0.5, 0.6) is 0 Å². The Kier molecular flexibility index (Phi) is 12.0. The molecule has 1 heteroatoms. The van der Waals surface area contributed by atoms with Crippen molar-refractivity contribution in [1.29, 1.82) is 0 Å². The highest BCUT2D eigenvalue weighted by Crippen LogP contribution is 2.11. The van der Waals surface area contributed by atoms with Gasteiger partial charge in [-0.3, -0.25) is 0 Å². The van der Waals surface area contributed by atoms with E-state index in [0.717, 1.165) is 19.3 Å². The summed E-state index contributed by atoms with van der Waals surface area (Å²) < 4.78 is 0. The smallest absolute Gasteiger partial charge is 0.0537 e. The highest BCUT2D eigenvalue weighted by molar-refractivity contribution is 4.53. The zero-order valence-electron chi connectivity index (χ0n) is 10.5. The number of aliphatic hydroxyl groups is 1. The molecule has 1 unspecified atom stereocenters. The minimum absolute atomic E-state index is 0.0537. The quantitative estimate of drug-likeness (QED) is 0.501. The van der Waals surface area contributed by atoms with Gasteiger partial charge < -0.3 is 5.11 Å². The fourth-order valence-electron chi connectivity index (χ4n) is 1.82. The summed E-state index contributed by atoms with van der Waals surface area (Å²) in [7, 11) is 0. The molecule has 0 saturated heterocycles. The molecule has 0 amide bonds. The topological polar surface area (TPSA) is 20.2 Å². The molecule has 0 rings (SSSR count). The van der Waals surface area contributed by atoms with E-state index in [1.54, 1.807) is 0 Å². The van der Waals surface area contributed by atoms with Crippen LogP contribution in [0.15, 0.2) is 0 Å². The average molecular weight is 213 g/mol. The first-order valence-corrected chi connectivity index (χ1v) is 6.78. The molecule has 0 aliphatic carbocycles. The van der Waals surface area contributed by atoms with E-state index in [1.165, 1.54) is 51.4 Å². The maximum absolute atomic E-state index is 9.35. The van der Waals surface area contributed by atoms with Gasteiger partial charge in [-0.15, -0.1) is 0 Å². The number of rotatable bonds is 11. The molecule has 1 atom stereocenters. The molecule has 1 radical (unpaired) electrons. The number of hydrogen-bond donors (Lipinski definition) is 1. The average Bonchev–Trinajstić information content (AvgIpc) is 2.26. The molecule has 0 fully saturated rings. The van der Waals surface area contributed by atoms with Crippen LogP contribution in [-0.4, -0.2) is 11.2 Å². The number of aliphatic hydroxyl groups excluding tert-OH is 1. The van der Waals surface area contributed by atoms with Crippen LogP contribution in [0.2, 0.25) is 0 Å². The van der Waals surface area contributed by atoms with Crippen molar-refractivity contribution >= 4 is 0 Å². The lowest BCUT2D eigenvalue weighted by atomic mass is 10.0. The van der Waals surface area contributed by atoms with Crippen molar-refractivity contribution < 1.29 is 5.11 Å². The van der Waals surface area contributed by atoms with Gasteiger partial charge >= 0.3 is 0 Å². The van der Waals surface area contributed by atoms with Crippen LogP contribution in [0.4, 0.5) is 0 Å². The van der Waals surface area contributed by atoms with Gasteiger partial charge in [0.2, 0.25) is 0 Å². The van der Waals surface area contributed by atoms with Gasteiger partial charge in [-0.2, -0.15) is 0 Å². The molecule has 0 saturated carbocycles. The summed E-state index contributed by atoms with van der Waals surface area (Å²) in [6.45, 7) is 5.89. The van der Waals surface area contributed by atoms with Crippen molar-refractivity contribution in [3.05, 3.63) is 6.92 Å². The van der Waals surface area contributed by atoms with E-state index in [1.807, 2.05) is 6.92 Å². The lowest BCUT2D eigenvalue weighted by Crippen LogP contribution is -2.03. The molecule has 0 aromatic heterocycles. The van der Waals surface area contributed by atoms with Gasteiger partial charge in [0.05, 0.1) is 6.10 Å². The van der Waals surface area contributed by atoms with Crippen molar-refractivity contribution in [1.82, 2.24) is 0 Å². The Bertz CT molecular complexity index is 112. The highest BCUT2D eigenvalue weighted by atomic mass is 16.3. The molecule has 91 valence electrons. The van der Waals surface area contributed by atoms with Gasteiger partial charge in [0, 0.05) is 0 Å². The second-order valence-electron chi connectivity index (χ2n) is 4.53. The molecule has 0 spiro atoms. The van der Waals surface area contributed by atoms with Gasteiger partial charge in [0.25, 0.3) is 0 Å². The monoisotopic (exact) mass is 213 g/mol. The fourth-order valence-corrected chi connectivity index (χ4v) is 1.82. The van der Waals surface area contributed by atoms with Crippen molar-refractivity contribution in [2.75, 3.05) is 0 Å². The van der Waals surface area contributed by atoms with Crippen LogP contribution in [0.25, 0.3) is 0 Å². The zero-order chi connectivity index (χ0) is 11.4. The second-order valence-corrected chi connectivity index (χ2v) is 4.53. The third-order valence-electron chi connectivity index (χ3n) is 3.01. The molecule has 0 aromatic rings. The molecular weight excluding hydrogens is 184 g/mol. The Morgan fingerprint density at radius 1 is 0.867 bits per heavy atom.